The summed E-state index contributed by atoms with van der Waals surface area (Å²) in [6.07, 6.45) is 3.70. The Morgan fingerprint density at radius 1 is 1.22 bits per heavy atom. The van der Waals surface area contributed by atoms with Crippen LogP contribution in [0.4, 0.5) is 5.82 Å². The number of anilines is 1. The maximum absolute atomic E-state index is 9.50. The van der Waals surface area contributed by atoms with Gasteiger partial charge >= 0.3 is 0 Å². The Hall–Kier alpha value is -1.16. The Bertz CT molecular complexity index is 398. The number of aryl methyl sites for hydroxylation is 1. The number of aromatic nitrogens is 2. The summed E-state index contributed by atoms with van der Waals surface area (Å²) in [5, 5.41) is 13.0. The lowest BCUT2D eigenvalue weighted by molar-refractivity contribution is 0.126. The van der Waals surface area contributed by atoms with Gasteiger partial charge in [0.2, 0.25) is 0 Å². The van der Waals surface area contributed by atoms with Gasteiger partial charge in [-0.1, -0.05) is 13.8 Å². The highest BCUT2D eigenvalue weighted by Crippen LogP contribution is 2.22. The van der Waals surface area contributed by atoms with E-state index < -0.39 is 0 Å². The van der Waals surface area contributed by atoms with Gasteiger partial charge in [-0.25, -0.2) is 9.97 Å². The van der Waals surface area contributed by atoms with Crippen molar-refractivity contribution < 1.29 is 5.11 Å². The highest BCUT2D eigenvalue weighted by atomic mass is 16.3. The van der Waals surface area contributed by atoms with Gasteiger partial charge in [-0.2, -0.15) is 0 Å². The van der Waals surface area contributed by atoms with Crippen LogP contribution in [0.5, 0.6) is 0 Å². The maximum atomic E-state index is 9.50. The SMILES string of the molecule is Cc1cc(NC2CCC(O)CC2)nc(C(C)C)n1. The summed E-state index contributed by atoms with van der Waals surface area (Å²) in [4.78, 5) is 9.01. The first-order valence-corrected chi connectivity index (χ1v) is 6.85. The van der Waals surface area contributed by atoms with Crippen LogP contribution in [-0.4, -0.2) is 27.2 Å². The van der Waals surface area contributed by atoms with Gasteiger partial charge in [0.05, 0.1) is 6.10 Å². The molecule has 0 saturated heterocycles. The smallest absolute Gasteiger partial charge is 0.133 e. The molecule has 0 aromatic carbocycles. The number of nitrogens with zero attached hydrogens (tertiary/aromatic N) is 2. The van der Waals surface area contributed by atoms with E-state index in [1.54, 1.807) is 0 Å². The molecule has 2 rings (SSSR count). The first kappa shape index (κ1) is 13.3. The van der Waals surface area contributed by atoms with Crippen LogP contribution in [0, 0.1) is 6.92 Å². The normalized spacial score (nSPS) is 24.3. The molecule has 0 amide bonds. The number of hydrogen-bond donors (Lipinski definition) is 2. The highest BCUT2D eigenvalue weighted by molar-refractivity contribution is 5.37. The zero-order chi connectivity index (χ0) is 13.1. The summed E-state index contributed by atoms with van der Waals surface area (Å²) in [7, 11) is 0. The molecule has 0 radical (unpaired) electrons. The van der Waals surface area contributed by atoms with Gasteiger partial charge < -0.3 is 10.4 Å². The first-order chi connectivity index (χ1) is 8.54. The molecule has 1 aliphatic rings. The first-order valence-electron chi connectivity index (χ1n) is 6.85. The van der Waals surface area contributed by atoms with Crippen molar-refractivity contribution in [2.45, 2.75) is 64.5 Å². The van der Waals surface area contributed by atoms with Crippen molar-refractivity contribution in [3.05, 3.63) is 17.6 Å². The molecule has 1 heterocycles. The molecule has 0 bridgehead atoms. The van der Waals surface area contributed by atoms with E-state index in [1.165, 1.54) is 0 Å². The predicted molar refractivity (Wildman–Crippen MR) is 72.7 cm³/mol. The van der Waals surface area contributed by atoms with E-state index >= 15 is 0 Å². The van der Waals surface area contributed by atoms with Crippen LogP contribution in [0.2, 0.25) is 0 Å². The molecule has 0 spiro atoms. The van der Waals surface area contributed by atoms with Gasteiger partial charge in [-0.3, -0.25) is 0 Å². The Morgan fingerprint density at radius 2 is 1.89 bits per heavy atom. The van der Waals surface area contributed by atoms with E-state index in [1.807, 2.05) is 13.0 Å². The van der Waals surface area contributed by atoms with Gasteiger partial charge in [-0.15, -0.1) is 0 Å². The number of aliphatic hydroxyl groups excluding tert-OH is 1. The maximum Gasteiger partial charge on any atom is 0.133 e. The number of rotatable bonds is 3. The average Bonchev–Trinajstić information content (AvgIpc) is 2.31. The van der Waals surface area contributed by atoms with E-state index in [0.717, 1.165) is 43.0 Å². The fourth-order valence-corrected chi connectivity index (χ4v) is 2.35. The molecule has 2 N–H and O–H groups in total. The van der Waals surface area contributed by atoms with Crippen molar-refractivity contribution in [2.24, 2.45) is 0 Å². The molecule has 1 aromatic heterocycles. The summed E-state index contributed by atoms with van der Waals surface area (Å²) in [6, 6.07) is 2.43. The minimum atomic E-state index is -0.110. The number of nitrogens with one attached hydrogen (secondary N) is 1. The third kappa shape index (κ3) is 3.42. The van der Waals surface area contributed by atoms with E-state index in [0.29, 0.717) is 12.0 Å². The monoisotopic (exact) mass is 249 g/mol. The molecule has 1 aromatic rings. The largest absolute Gasteiger partial charge is 0.393 e. The van der Waals surface area contributed by atoms with Crippen LogP contribution in [0.25, 0.3) is 0 Å². The predicted octanol–water partition coefficient (Wildman–Crippen LogP) is 2.62. The second-order valence-electron chi connectivity index (χ2n) is 5.56. The molecule has 0 atom stereocenters. The van der Waals surface area contributed by atoms with Crippen molar-refractivity contribution >= 4 is 5.82 Å². The number of aliphatic hydroxyl groups is 1. The zero-order valence-corrected chi connectivity index (χ0v) is 11.5. The molecule has 100 valence electrons. The van der Waals surface area contributed by atoms with Crippen LogP contribution in [0.3, 0.4) is 0 Å². The minimum absolute atomic E-state index is 0.110. The van der Waals surface area contributed by atoms with Crippen LogP contribution >= 0.6 is 0 Å². The van der Waals surface area contributed by atoms with Crippen molar-refractivity contribution in [1.82, 2.24) is 9.97 Å². The van der Waals surface area contributed by atoms with Gasteiger partial charge in [0, 0.05) is 23.7 Å². The van der Waals surface area contributed by atoms with Gasteiger partial charge in [0.15, 0.2) is 0 Å². The standard InChI is InChI=1S/C14H23N3O/c1-9(2)14-15-10(3)8-13(17-14)16-11-4-6-12(18)7-5-11/h8-9,11-12,18H,4-7H2,1-3H3,(H,15,16,17). The Morgan fingerprint density at radius 3 is 2.50 bits per heavy atom. The fourth-order valence-electron chi connectivity index (χ4n) is 2.35. The lowest BCUT2D eigenvalue weighted by Gasteiger charge is -2.26. The summed E-state index contributed by atoms with van der Waals surface area (Å²) in [5.74, 6) is 2.17. The topological polar surface area (TPSA) is 58.0 Å². The Balaban J connectivity index is 2.04. The summed E-state index contributed by atoms with van der Waals surface area (Å²) in [5.41, 5.74) is 1.01. The minimum Gasteiger partial charge on any atom is -0.393 e. The Labute approximate surface area is 109 Å². The second-order valence-corrected chi connectivity index (χ2v) is 5.56. The van der Waals surface area contributed by atoms with Gasteiger partial charge in [0.25, 0.3) is 0 Å². The molecule has 18 heavy (non-hydrogen) atoms. The van der Waals surface area contributed by atoms with Crippen LogP contribution < -0.4 is 5.32 Å². The summed E-state index contributed by atoms with van der Waals surface area (Å²) < 4.78 is 0. The van der Waals surface area contributed by atoms with E-state index in [-0.39, 0.29) is 6.10 Å². The fraction of sp³-hybridized carbons (Fsp3) is 0.714. The average molecular weight is 249 g/mol. The molecule has 1 saturated carbocycles. The molecule has 4 nitrogen and oxygen atoms in total. The van der Waals surface area contributed by atoms with Crippen molar-refractivity contribution in [3.63, 3.8) is 0 Å². The lowest BCUT2D eigenvalue weighted by Crippen LogP contribution is -2.28. The number of hydrogen-bond acceptors (Lipinski definition) is 4. The lowest BCUT2D eigenvalue weighted by atomic mass is 9.93. The van der Waals surface area contributed by atoms with E-state index in [2.05, 4.69) is 29.1 Å². The van der Waals surface area contributed by atoms with Crippen molar-refractivity contribution in [3.8, 4) is 0 Å². The summed E-state index contributed by atoms with van der Waals surface area (Å²) in [6.45, 7) is 6.22. The summed E-state index contributed by atoms with van der Waals surface area (Å²) >= 11 is 0. The third-order valence-electron chi connectivity index (χ3n) is 3.44. The molecule has 1 aliphatic carbocycles. The molecular weight excluding hydrogens is 226 g/mol. The van der Waals surface area contributed by atoms with Crippen molar-refractivity contribution in [2.75, 3.05) is 5.32 Å². The van der Waals surface area contributed by atoms with Crippen LogP contribution in [-0.2, 0) is 0 Å². The van der Waals surface area contributed by atoms with Crippen LogP contribution in [0.15, 0.2) is 6.07 Å². The van der Waals surface area contributed by atoms with E-state index in [9.17, 15) is 5.11 Å². The molecular formula is C14H23N3O. The highest BCUT2D eigenvalue weighted by Gasteiger charge is 2.19. The molecule has 0 unspecified atom stereocenters. The third-order valence-corrected chi connectivity index (χ3v) is 3.44. The molecule has 1 fully saturated rings. The van der Waals surface area contributed by atoms with E-state index in [4.69, 9.17) is 0 Å². The Kier molecular flexibility index (Phi) is 4.17. The van der Waals surface area contributed by atoms with Gasteiger partial charge in [-0.05, 0) is 32.6 Å². The van der Waals surface area contributed by atoms with Crippen LogP contribution in [0.1, 0.15) is 57.0 Å². The molecule has 4 heteroatoms. The van der Waals surface area contributed by atoms with Gasteiger partial charge in [0.1, 0.15) is 11.6 Å². The molecule has 0 aliphatic heterocycles. The quantitative estimate of drug-likeness (QED) is 0.864. The zero-order valence-electron chi connectivity index (χ0n) is 11.5. The van der Waals surface area contributed by atoms with Crippen molar-refractivity contribution in [1.29, 1.82) is 0 Å². The second kappa shape index (κ2) is 5.65.